The molecule has 0 unspecified atom stereocenters. The lowest BCUT2D eigenvalue weighted by Crippen LogP contribution is -2.25. The smallest absolute Gasteiger partial charge is 0.251 e. The number of anilines is 1. The van der Waals surface area contributed by atoms with Crippen LogP contribution in [-0.2, 0) is 16.6 Å². The lowest BCUT2D eigenvalue weighted by Gasteiger charge is -2.15. The molecule has 0 aliphatic rings. The van der Waals surface area contributed by atoms with E-state index in [1.807, 2.05) is 31.1 Å². The predicted molar refractivity (Wildman–Crippen MR) is 104 cm³/mol. The first kappa shape index (κ1) is 20.7. The van der Waals surface area contributed by atoms with Crippen LogP contribution in [0.5, 0.6) is 5.75 Å². The van der Waals surface area contributed by atoms with Crippen LogP contribution in [0.2, 0.25) is 0 Å². The molecule has 0 atom stereocenters. The third-order valence-electron chi connectivity index (χ3n) is 3.90. The number of ether oxygens (including phenoxy) is 1. The van der Waals surface area contributed by atoms with E-state index < -0.39 is 10.0 Å². The van der Waals surface area contributed by atoms with Gasteiger partial charge in [0.2, 0.25) is 10.0 Å². The minimum Gasteiger partial charge on any atom is -0.495 e. The van der Waals surface area contributed by atoms with E-state index in [9.17, 15) is 13.2 Å². The molecule has 1 heterocycles. The van der Waals surface area contributed by atoms with E-state index in [2.05, 4.69) is 10.3 Å². The zero-order chi connectivity index (χ0) is 20.2. The van der Waals surface area contributed by atoms with Crippen molar-refractivity contribution >= 4 is 21.7 Å². The summed E-state index contributed by atoms with van der Waals surface area (Å²) in [5.74, 6) is 0.618. The second-order valence-electron chi connectivity index (χ2n) is 6.25. The summed E-state index contributed by atoms with van der Waals surface area (Å²) in [4.78, 5) is 18.6. The van der Waals surface area contributed by atoms with Gasteiger partial charge in [0.1, 0.15) is 16.5 Å². The average molecular weight is 392 g/mol. The van der Waals surface area contributed by atoms with E-state index in [0.717, 1.165) is 15.7 Å². The van der Waals surface area contributed by atoms with Crippen molar-refractivity contribution in [2.75, 3.05) is 40.2 Å². The molecule has 0 aliphatic carbocycles. The van der Waals surface area contributed by atoms with Crippen molar-refractivity contribution < 1.29 is 17.9 Å². The molecule has 0 bridgehead atoms. The van der Waals surface area contributed by atoms with Gasteiger partial charge in [0.25, 0.3) is 5.91 Å². The van der Waals surface area contributed by atoms with E-state index in [0.29, 0.717) is 0 Å². The Kier molecular flexibility index (Phi) is 6.40. The first-order valence-corrected chi connectivity index (χ1v) is 9.62. The molecule has 1 amide bonds. The summed E-state index contributed by atoms with van der Waals surface area (Å²) in [6, 6.07) is 8.04. The Morgan fingerprint density at radius 2 is 1.85 bits per heavy atom. The number of carbonyl (C=O) groups excluding carboxylic acids is 1. The van der Waals surface area contributed by atoms with Crippen molar-refractivity contribution in [3.8, 4) is 5.75 Å². The lowest BCUT2D eigenvalue weighted by molar-refractivity contribution is 0.0950. The van der Waals surface area contributed by atoms with Crippen LogP contribution < -0.4 is 15.0 Å². The quantitative estimate of drug-likeness (QED) is 0.764. The molecular formula is C18H24N4O4S. The van der Waals surface area contributed by atoms with Crippen LogP contribution >= 0.6 is 0 Å². The minimum atomic E-state index is -3.74. The van der Waals surface area contributed by atoms with Crippen molar-refractivity contribution in [1.29, 1.82) is 0 Å². The monoisotopic (exact) mass is 392 g/mol. The van der Waals surface area contributed by atoms with Gasteiger partial charge in [-0.25, -0.2) is 17.7 Å². The van der Waals surface area contributed by atoms with Crippen molar-refractivity contribution in [3.05, 3.63) is 47.7 Å². The van der Waals surface area contributed by atoms with Gasteiger partial charge in [-0.15, -0.1) is 0 Å². The van der Waals surface area contributed by atoms with Crippen LogP contribution in [0.1, 0.15) is 15.9 Å². The van der Waals surface area contributed by atoms with Gasteiger partial charge in [0.05, 0.1) is 7.11 Å². The third-order valence-corrected chi connectivity index (χ3v) is 5.74. The van der Waals surface area contributed by atoms with Crippen LogP contribution in [0.25, 0.3) is 0 Å². The molecule has 9 heteroatoms. The first-order chi connectivity index (χ1) is 12.7. The van der Waals surface area contributed by atoms with Gasteiger partial charge in [0.15, 0.2) is 0 Å². The molecule has 1 aromatic heterocycles. The highest BCUT2D eigenvalue weighted by Crippen LogP contribution is 2.26. The van der Waals surface area contributed by atoms with Gasteiger partial charge in [0, 0.05) is 46.5 Å². The normalized spacial score (nSPS) is 11.3. The Morgan fingerprint density at radius 1 is 1.15 bits per heavy atom. The maximum absolute atomic E-state index is 12.5. The molecule has 0 fully saturated rings. The molecule has 146 valence electrons. The van der Waals surface area contributed by atoms with Gasteiger partial charge >= 0.3 is 0 Å². The van der Waals surface area contributed by atoms with Gasteiger partial charge in [-0.2, -0.15) is 0 Å². The Morgan fingerprint density at radius 3 is 2.37 bits per heavy atom. The van der Waals surface area contributed by atoms with E-state index >= 15 is 0 Å². The number of nitrogens with zero attached hydrogens (tertiary/aromatic N) is 3. The Hall–Kier alpha value is -2.65. The SMILES string of the molecule is COc1ccc(C(=O)NCc2ccc(N(C)C)nc2)cc1S(=O)(=O)N(C)C. The number of hydrogen-bond acceptors (Lipinski definition) is 6. The topological polar surface area (TPSA) is 91.8 Å². The minimum absolute atomic E-state index is 0.0559. The highest BCUT2D eigenvalue weighted by molar-refractivity contribution is 7.89. The standard InChI is InChI=1S/C18H24N4O4S/c1-21(2)17-9-6-13(11-19-17)12-20-18(23)14-7-8-15(26-5)16(10-14)27(24,25)22(3)4/h6-11H,12H2,1-5H3,(H,20,23). The second kappa shape index (κ2) is 8.36. The molecule has 0 radical (unpaired) electrons. The van der Waals surface area contributed by atoms with Crippen LogP contribution in [0.4, 0.5) is 5.82 Å². The largest absolute Gasteiger partial charge is 0.495 e. The molecule has 0 aliphatic heterocycles. The van der Waals surface area contributed by atoms with E-state index in [-0.39, 0.29) is 28.7 Å². The fourth-order valence-corrected chi connectivity index (χ4v) is 3.36. The van der Waals surface area contributed by atoms with Crippen molar-refractivity contribution in [3.63, 3.8) is 0 Å². The van der Waals surface area contributed by atoms with Gasteiger partial charge in [-0.05, 0) is 29.8 Å². The summed E-state index contributed by atoms with van der Waals surface area (Å²) >= 11 is 0. The highest BCUT2D eigenvalue weighted by Gasteiger charge is 2.23. The van der Waals surface area contributed by atoms with Gasteiger partial charge in [-0.3, -0.25) is 4.79 Å². The number of amides is 1. The molecule has 27 heavy (non-hydrogen) atoms. The average Bonchev–Trinajstić information content (AvgIpc) is 2.65. The molecule has 0 saturated carbocycles. The van der Waals surface area contributed by atoms with Crippen molar-refractivity contribution in [2.24, 2.45) is 0 Å². The number of carbonyl (C=O) groups is 1. The Bertz CT molecular complexity index is 909. The molecule has 2 aromatic rings. The molecule has 0 saturated heterocycles. The number of hydrogen-bond donors (Lipinski definition) is 1. The Balaban J connectivity index is 2.19. The fraction of sp³-hybridized carbons (Fsp3) is 0.333. The number of sulfonamides is 1. The summed E-state index contributed by atoms with van der Waals surface area (Å²) in [6.45, 7) is 0.279. The number of aromatic nitrogens is 1. The van der Waals surface area contributed by atoms with E-state index in [1.165, 1.54) is 39.4 Å². The third kappa shape index (κ3) is 4.75. The molecule has 0 spiro atoms. The number of methoxy groups -OCH3 is 1. The Labute approximate surface area is 159 Å². The van der Waals surface area contributed by atoms with Gasteiger partial charge < -0.3 is 15.0 Å². The van der Waals surface area contributed by atoms with Crippen molar-refractivity contribution in [1.82, 2.24) is 14.6 Å². The molecule has 1 aromatic carbocycles. The molecule has 1 N–H and O–H groups in total. The summed E-state index contributed by atoms with van der Waals surface area (Å²) < 4.78 is 31.1. The summed E-state index contributed by atoms with van der Waals surface area (Å²) in [5, 5.41) is 2.77. The van der Waals surface area contributed by atoms with Crippen LogP contribution in [0.15, 0.2) is 41.4 Å². The highest BCUT2D eigenvalue weighted by atomic mass is 32.2. The molecule has 2 rings (SSSR count). The fourth-order valence-electron chi connectivity index (χ4n) is 2.29. The summed E-state index contributed by atoms with van der Waals surface area (Å²) in [7, 11) is 4.28. The van der Waals surface area contributed by atoms with Crippen LogP contribution in [0, 0.1) is 0 Å². The lowest BCUT2D eigenvalue weighted by atomic mass is 10.2. The first-order valence-electron chi connectivity index (χ1n) is 8.18. The predicted octanol–water partition coefficient (Wildman–Crippen LogP) is 1.34. The van der Waals surface area contributed by atoms with Crippen molar-refractivity contribution in [2.45, 2.75) is 11.4 Å². The van der Waals surface area contributed by atoms with E-state index in [4.69, 9.17) is 4.74 Å². The zero-order valence-electron chi connectivity index (χ0n) is 16.1. The van der Waals surface area contributed by atoms with Gasteiger partial charge in [-0.1, -0.05) is 6.07 Å². The number of nitrogens with one attached hydrogen (secondary N) is 1. The number of pyridine rings is 1. The van der Waals surface area contributed by atoms with Crippen LogP contribution in [-0.4, -0.2) is 58.9 Å². The second-order valence-corrected chi connectivity index (χ2v) is 8.38. The maximum Gasteiger partial charge on any atom is 0.251 e. The number of benzene rings is 1. The maximum atomic E-state index is 12.5. The summed E-state index contributed by atoms with van der Waals surface area (Å²) in [5.41, 5.74) is 1.07. The molecular weight excluding hydrogens is 368 g/mol. The van der Waals surface area contributed by atoms with Crippen LogP contribution in [0.3, 0.4) is 0 Å². The number of rotatable bonds is 7. The zero-order valence-corrected chi connectivity index (χ0v) is 16.9. The molecule has 8 nitrogen and oxygen atoms in total. The summed E-state index contributed by atoms with van der Waals surface area (Å²) in [6.07, 6.45) is 1.69. The van der Waals surface area contributed by atoms with E-state index in [1.54, 1.807) is 6.20 Å².